The molecule has 31 heavy (non-hydrogen) atoms. The van der Waals surface area contributed by atoms with E-state index in [2.05, 4.69) is 19.1 Å². The van der Waals surface area contributed by atoms with Crippen LogP contribution in [0.3, 0.4) is 0 Å². The zero-order chi connectivity index (χ0) is 22.7. The second-order valence-corrected chi connectivity index (χ2v) is 8.87. The molecule has 0 radical (unpaired) electrons. The minimum atomic E-state index is -0.658. The topological polar surface area (TPSA) is 87.0 Å². The molecule has 0 heterocycles. The summed E-state index contributed by atoms with van der Waals surface area (Å²) in [4.78, 5) is 11.7. The third kappa shape index (κ3) is 8.06. The number of rotatable bonds is 13. The van der Waals surface area contributed by atoms with Gasteiger partial charge < -0.3 is 20.1 Å². The minimum absolute atomic E-state index is 0.175. The number of benzene rings is 1. The van der Waals surface area contributed by atoms with E-state index in [1.807, 2.05) is 25.1 Å². The first-order valence-corrected chi connectivity index (χ1v) is 11.9. The van der Waals surface area contributed by atoms with Crippen molar-refractivity contribution >= 4 is 5.97 Å². The predicted octanol–water partition coefficient (Wildman–Crippen LogP) is 4.11. The smallest absolute Gasteiger partial charge is 0.305 e. The number of aliphatic hydroxyl groups excluding tert-OH is 3. The van der Waals surface area contributed by atoms with E-state index in [0.29, 0.717) is 45.1 Å². The van der Waals surface area contributed by atoms with Crippen molar-refractivity contribution in [3.05, 3.63) is 47.5 Å². The molecule has 1 fully saturated rings. The second kappa shape index (κ2) is 13.0. The van der Waals surface area contributed by atoms with Crippen molar-refractivity contribution in [2.75, 3.05) is 6.61 Å². The Bertz CT molecular complexity index is 701. The summed E-state index contributed by atoms with van der Waals surface area (Å²) in [5, 5.41) is 31.5. The lowest BCUT2D eigenvalue weighted by molar-refractivity contribution is -0.143. The van der Waals surface area contributed by atoms with E-state index in [-0.39, 0.29) is 5.97 Å². The fourth-order valence-electron chi connectivity index (χ4n) is 4.57. The Labute approximate surface area is 187 Å². The van der Waals surface area contributed by atoms with Gasteiger partial charge >= 0.3 is 5.97 Å². The summed E-state index contributed by atoms with van der Waals surface area (Å²) < 4.78 is 5.02. The van der Waals surface area contributed by atoms with Crippen LogP contribution in [0.25, 0.3) is 0 Å². The molecule has 1 aromatic rings. The molecule has 1 saturated carbocycles. The van der Waals surface area contributed by atoms with Crippen molar-refractivity contribution in [1.29, 1.82) is 0 Å². The monoisotopic (exact) mass is 432 g/mol. The van der Waals surface area contributed by atoms with Gasteiger partial charge in [-0.2, -0.15) is 0 Å². The van der Waals surface area contributed by atoms with E-state index < -0.39 is 23.7 Å². The maximum atomic E-state index is 11.7. The summed E-state index contributed by atoms with van der Waals surface area (Å²) in [5.41, 5.74) is 1.67. The number of hydrogen-bond donors (Lipinski definition) is 3. The number of unbranched alkanes of at least 4 members (excludes halogenated alkanes) is 2. The highest BCUT2D eigenvalue weighted by Gasteiger charge is 2.44. The normalized spacial score (nSPS) is 24.5. The van der Waals surface area contributed by atoms with Gasteiger partial charge in [0, 0.05) is 18.3 Å². The van der Waals surface area contributed by atoms with Gasteiger partial charge in [0.25, 0.3) is 0 Å². The van der Waals surface area contributed by atoms with Crippen LogP contribution >= 0.6 is 0 Å². The van der Waals surface area contributed by atoms with Crippen LogP contribution < -0.4 is 0 Å². The lowest BCUT2D eigenvalue weighted by atomic mass is 9.76. The predicted molar refractivity (Wildman–Crippen MR) is 123 cm³/mol. The third-order valence-corrected chi connectivity index (χ3v) is 6.30. The number of aliphatic hydroxyl groups is 3. The van der Waals surface area contributed by atoms with Gasteiger partial charge in [0.2, 0.25) is 0 Å². The standard InChI is InChI=1S/C26H40O5/c1-3-5-6-13-22(27)15-16-26(19-23(28)17-24(26)29)18-21-11-8-7-10-20(21)12-9-14-25(30)31-4-2/h7-8,10-11,15-16,22-24,27-29H,3-6,9,12-14,17-19H2,1-2H3/b16-15+/t22-,23-,24-,26+/m0/s1. The summed E-state index contributed by atoms with van der Waals surface area (Å²) in [7, 11) is 0. The maximum absolute atomic E-state index is 11.7. The molecule has 0 bridgehead atoms. The molecule has 1 aromatic carbocycles. The number of ether oxygens (including phenoxy) is 1. The zero-order valence-electron chi connectivity index (χ0n) is 19.1. The molecule has 0 unspecified atom stereocenters. The van der Waals surface area contributed by atoms with E-state index in [0.717, 1.165) is 36.8 Å². The number of aryl methyl sites for hydroxylation is 1. The van der Waals surface area contributed by atoms with E-state index in [9.17, 15) is 20.1 Å². The first kappa shape index (κ1) is 25.6. The van der Waals surface area contributed by atoms with Gasteiger partial charge in [0.05, 0.1) is 24.9 Å². The van der Waals surface area contributed by atoms with E-state index in [1.165, 1.54) is 0 Å². The first-order valence-electron chi connectivity index (χ1n) is 11.9. The largest absolute Gasteiger partial charge is 0.466 e. The lowest BCUT2D eigenvalue weighted by Gasteiger charge is -2.31. The van der Waals surface area contributed by atoms with Gasteiger partial charge in [-0.25, -0.2) is 0 Å². The molecule has 0 aliphatic heterocycles. The Balaban J connectivity index is 2.12. The van der Waals surface area contributed by atoms with Crippen LogP contribution in [-0.2, 0) is 22.4 Å². The Morgan fingerprint density at radius 1 is 1.19 bits per heavy atom. The molecule has 4 atom stereocenters. The molecule has 3 N–H and O–H groups in total. The Kier molecular flexibility index (Phi) is 10.7. The number of carbonyl (C=O) groups is 1. The van der Waals surface area contributed by atoms with Crippen molar-refractivity contribution in [3.63, 3.8) is 0 Å². The van der Waals surface area contributed by atoms with Crippen LogP contribution in [0.15, 0.2) is 36.4 Å². The molecular formula is C26H40O5. The molecule has 1 aliphatic carbocycles. The highest BCUT2D eigenvalue weighted by atomic mass is 16.5. The van der Waals surface area contributed by atoms with Crippen molar-refractivity contribution in [3.8, 4) is 0 Å². The Morgan fingerprint density at radius 3 is 2.58 bits per heavy atom. The number of carbonyl (C=O) groups excluding carboxylic acids is 1. The van der Waals surface area contributed by atoms with Gasteiger partial charge in [-0.15, -0.1) is 0 Å². The van der Waals surface area contributed by atoms with Gasteiger partial charge in [0.1, 0.15) is 0 Å². The lowest BCUT2D eigenvalue weighted by Crippen LogP contribution is -2.31. The summed E-state index contributed by atoms with van der Waals surface area (Å²) in [5.74, 6) is -0.175. The highest BCUT2D eigenvalue weighted by Crippen LogP contribution is 2.43. The molecule has 0 aromatic heterocycles. The van der Waals surface area contributed by atoms with Crippen LogP contribution in [0.4, 0.5) is 0 Å². The quantitative estimate of drug-likeness (QED) is 0.248. The fraction of sp³-hybridized carbons (Fsp3) is 0.654. The van der Waals surface area contributed by atoms with Crippen LogP contribution in [0.1, 0.15) is 76.3 Å². The molecule has 2 rings (SSSR count). The van der Waals surface area contributed by atoms with E-state index >= 15 is 0 Å². The third-order valence-electron chi connectivity index (χ3n) is 6.30. The molecule has 5 nitrogen and oxygen atoms in total. The molecule has 1 aliphatic rings. The van der Waals surface area contributed by atoms with Gasteiger partial charge in [0.15, 0.2) is 0 Å². The first-order chi connectivity index (χ1) is 14.9. The number of esters is 1. The second-order valence-electron chi connectivity index (χ2n) is 8.87. The Morgan fingerprint density at radius 2 is 1.94 bits per heavy atom. The average Bonchev–Trinajstić information content (AvgIpc) is 3.01. The van der Waals surface area contributed by atoms with Gasteiger partial charge in [-0.1, -0.05) is 62.6 Å². The summed E-state index contributed by atoms with van der Waals surface area (Å²) >= 11 is 0. The van der Waals surface area contributed by atoms with E-state index in [1.54, 1.807) is 6.08 Å². The zero-order valence-corrected chi connectivity index (χ0v) is 19.1. The average molecular weight is 433 g/mol. The van der Waals surface area contributed by atoms with Crippen LogP contribution in [0, 0.1) is 5.41 Å². The Hall–Kier alpha value is -1.69. The summed E-state index contributed by atoms with van der Waals surface area (Å²) in [6, 6.07) is 8.10. The molecular weight excluding hydrogens is 392 g/mol. The van der Waals surface area contributed by atoms with Gasteiger partial charge in [-0.05, 0) is 50.2 Å². The molecule has 174 valence electrons. The minimum Gasteiger partial charge on any atom is -0.466 e. The van der Waals surface area contributed by atoms with Crippen molar-refractivity contribution in [2.24, 2.45) is 5.41 Å². The highest BCUT2D eigenvalue weighted by molar-refractivity contribution is 5.69. The van der Waals surface area contributed by atoms with E-state index in [4.69, 9.17) is 4.74 Å². The fourth-order valence-corrected chi connectivity index (χ4v) is 4.57. The molecule has 0 spiro atoms. The van der Waals surface area contributed by atoms with Crippen molar-refractivity contribution < 1.29 is 24.9 Å². The molecule has 0 saturated heterocycles. The molecule has 5 heteroatoms. The SMILES string of the molecule is CCCCC[C@H](O)/C=C/[C@@]1(Cc2ccccc2CCCC(=O)OCC)C[C@@H](O)C[C@@H]1O. The van der Waals surface area contributed by atoms with Gasteiger partial charge in [-0.3, -0.25) is 4.79 Å². The maximum Gasteiger partial charge on any atom is 0.305 e. The van der Waals surface area contributed by atoms with Crippen LogP contribution in [0.5, 0.6) is 0 Å². The summed E-state index contributed by atoms with van der Waals surface area (Å²) in [6.07, 6.45) is 9.17. The summed E-state index contributed by atoms with van der Waals surface area (Å²) in [6.45, 7) is 4.34. The van der Waals surface area contributed by atoms with Crippen molar-refractivity contribution in [2.45, 2.75) is 96.4 Å². The number of hydrogen-bond acceptors (Lipinski definition) is 5. The van der Waals surface area contributed by atoms with Crippen LogP contribution in [-0.4, -0.2) is 46.2 Å². The van der Waals surface area contributed by atoms with Crippen molar-refractivity contribution in [1.82, 2.24) is 0 Å². The molecule has 0 amide bonds. The van der Waals surface area contributed by atoms with Crippen LogP contribution in [0.2, 0.25) is 0 Å².